The second-order valence-electron chi connectivity index (χ2n) is 7.94. The first-order valence-corrected chi connectivity index (χ1v) is 10.7. The van der Waals surface area contributed by atoms with Crippen molar-refractivity contribution in [3.8, 4) is 5.75 Å². The van der Waals surface area contributed by atoms with E-state index in [0.29, 0.717) is 17.7 Å². The van der Waals surface area contributed by atoms with Crippen molar-refractivity contribution < 1.29 is 18.7 Å². The molecule has 2 amide bonds. The van der Waals surface area contributed by atoms with Crippen molar-refractivity contribution in [1.29, 1.82) is 0 Å². The Kier molecular flexibility index (Phi) is 6.50. The van der Waals surface area contributed by atoms with Crippen molar-refractivity contribution in [2.75, 3.05) is 11.9 Å². The number of anilines is 1. The van der Waals surface area contributed by atoms with Gasteiger partial charge in [0.2, 0.25) is 5.91 Å². The smallest absolute Gasteiger partial charge is 0.255 e. The van der Waals surface area contributed by atoms with Crippen LogP contribution in [0.5, 0.6) is 5.75 Å². The summed E-state index contributed by atoms with van der Waals surface area (Å²) in [7, 11) is 0. The number of carbonyl (C=O) groups excluding carboxylic acids is 2. The van der Waals surface area contributed by atoms with Gasteiger partial charge in [0, 0.05) is 11.3 Å². The number of fused-ring (bicyclic) bond motifs is 1. The van der Waals surface area contributed by atoms with Gasteiger partial charge in [0.15, 0.2) is 0 Å². The lowest BCUT2D eigenvalue weighted by Gasteiger charge is -2.18. The minimum atomic E-state index is -0.387. The van der Waals surface area contributed by atoms with Gasteiger partial charge in [-0.25, -0.2) is 4.39 Å². The van der Waals surface area contributed by atoms with Crippen molar-refractivity contribution >= 4 is 17.5 Å². The van der Waals surface area contributed by atoms with Gasteiger partial charge < -0.3 is 15.4 Å². The standard InChI is InChI=1S/C26H25FN2O3/c1-17(28-25(30)16-18-4-13-24-21(15-18)3-2-14-32-24)19-7-11-23(12-8-19)29-26(31)20-5-9-22(27)10-6-20/h4-13,15,17H,2-3,14,16H2,1H3,(H,28,30)(H,29,31). The molecule has 0 radical (unpaired) electrons. The summed E-state index contributed by atoms with van der Waals surface area (Å²) < 4.78 is 18.6. The first-order chi connectivity index (χ1) is 15.5. The van der Waals surface area contributed by atoms with Crippen molar-refractivity contribution in [1.82, 2.24) is 5.32 Å². The number of nitrogens with one attached hydrogen (secondary N) is 2. The fourth-order valence-electron chi connectivity index (χ4n) is 3.74. The van der Waals surface area contributed by atoms with E-state index in [4.69, 9.17) is 4.74 Å². The average molecular weight is 432 g/mol. The predicted octanol–water partition coefficient (Wildman–Crippen LogP) is 4.82. The fraction of sp³-hybridized carbons (Fsp3) is 0.231. The van der Waals surface area contributed by atoms with Crippen LogP contribution in [-0.2, 0) is 17.6 Å². The highest BCUT2D eigenvalue weighted by Gasteiger charge is 2.14. The summed E-state index contributed by atoms with van der Waals surface area (Å²) >= 11 is 0. The maximum absolute atomic E-state index is 13.0. The highest BCUT2D eigenvalue weighted by atomic mass is 19.1. The number of ether oxygens (including phenoxy) is 1. The molecule has 1 aliphatic rings. The molecule has 3 aromatic carbocycles. The van der Waals surface area contributed by atoms with Crippen molar-refractivity contribution in [3.63, 3.8) is 0 Å². The molecule has 0 aromatic heterocycles. The third-order valence-electron chi connectivity index (χ3n) is 5.49. The van der Waals surface area contributed by atoms with Gasteiger partial charge in [-0.05, 0) is 78.9 Å². The number of amides is 2. The Labute approximate surface area is 186 Å². The Morgan fingerprint density at radius 3 is 2.53 bits per heavy atom. The minimum Gasteiger partial charge on any atom is -0.493 e. The van der Waals surface area contributed by atoms with E-state index >= 15 is 0 Å². The topological polar surface area (TPSA) is 67.4 Å². The normalized spacial score (nSPS) is 13.4. The van der Waals surface area contributed by atoms with E-state index in [0.717, 1.165) is 41.9 Å². The molecule has 0 bridgehead atoms. The maximum Gasteiger partial charge on any atom is 0.255 e. The number of halogens is 1. The van der Waals surface area contributed by atoms with Crippen LogP contribution in [0.3, 0.4) is 0 Å². The van der Waals surface area contributed by atoms with Crippen LogP contribution >= 0.6 is 0 Å². The molecule has 0 spiro atoms. The second-order valence-corrected chi connectivity index (χ2v) is 7.94. The summed E-state index contributed by atoms with van der Waals surface area (Å²) in [5, 5.41) is 5.81. The van der Waals surface area contributed by atoms with Gasteiger partial charge in [0.1, 0.15) is 11.6 Å². The third-order valence-corrected chi connectivity index (χ3v) is 5.49. The molecular formula is C26H25FN2O3. The van der Waals surface area contributed by atoms with Crippen molar-refractivity contribution in [2.45, 2.75) is 32.2 Å². The van der Waals surface area contributed by atoms with Crippen LogP contribution in [-0.4, -0.2) is 18.4 Å². The quantitative estimate of drug-likeness (QED) is 0.587. The minimum absolute atomic E-state index is 0.0529. The van der Waals surface area contributed by atoms with Crippen molar-refractivity contribution in [2.24, 2.45) is 0 Å². The van der Waals surface area contributed by atoms with E-state index in [2.05, 4.69) is 16.7 Å². The highest BCUT2D eigenvalue weighted by Crippen LogP contribution is 2.26. The summed E-state index contributed by atoms with van der Waals surface area (Å²) in [4.78, 5) is 24.8. The lowest BCUT2D eigenvalue weighted by molar-refractivity contribution is -0.121. The summed E-state index contributed by atoms with van der Waals surface area (Å²) in [5.41, 5.74) is 4.06. The molecule has 2 N–H and O–H groups in total. The number of hydrogen-bond donors (Lipinski definition) is 2. The molecule has 0 saturated carbocycles. The number of hydrogen-bond acceptors (Lipinski definition) is 3. The molecule has 3 aromatic rings. The first kappa shape index (κ1) is 21.6. The van der Waals surface area contributed by atoms with E-state index in [-0.39, 0.29) is 23.7 Å². The van der Waals surface area contributed by atoms with E-state index < -0.39 is 0 Å². The van der Waals surface area contributed by atoms with Gasteiger partial charge in [-0.2, -0.15) is 0 Å². The molecule has 4 rings (SSSR count). The number of benzene rings is 3. The van der Waals surface area contributed by atoms with Gasteiger partial charge in [-0.15, -0.1) is 0 Å². The van der Waals surface area contributed by atoms with Crippen LogP contribution in [0.25, 0.3) is 0 Å². The number of rotatable bonds is 6. The third kappa shape index (κ3) is 5.32. The molecule has 1 aliphatic heterocycles. The summed E-state index contributed by atoms with van der Waals surface area (Å²) in [6, 6.07) is 18.4. The Balaban J connectivity index is 1.32. The van der Waals surface area contributed by atoms with Crippen molar-refractivity contribution in [3.05, 3.63) is 94.8 Å². The zero-order valence-electron chi connectivity index (χ0n) is 17.9. The summed E-state index contributed by atoms with van der Waals surface area (Å²) in [6.45, 7) is 2.67. The van der Waals surface area contributed by atoms with Crippen LogP contribution < -0.4 is 15.4 Å². The average Bonchev–Trinajstić information content (AvgIpc) is 2.79. The van der Waals surface area contributed by atoms with E-state index in [9.17, 15) is 14.0 Å². The van der Waals surface area contributed by atoms with Gasteiger partial charge in [0.25, 0.3) is 5.91 Å². The summed E-state index contributed by atoms with van der Waals surface area (Å²) in [5.74, 6) is 0.167. The van der Waals surface area contributed by atoms with Gasteiger partial charge in [-0.1, -0.05) is 24.3 Å². The Morgan fingerprint density at radius 1 is 1.03 bits per heavy atom. The van der Waals surface area contributed by atoms with Crippen LogP contribution in [0.15, 0.2) is 66.7 Å². The van der Waals surface area contributed by atoms with Gasteiger partial charge >= 0.3 is 0 Å². The molecule has 32 heavy (non-hydrogen) atoms. The maximum atomic E-state index is 13.0. The Morgan fingerprint density at radius 2 is 1.78 bits per heavy atom. The van der Waals surface area contributed by atoms with E-state index in [1.54, 1.807) is 12.1 Å². The molecule has 164 valence electrons. The zero-order valence-corrected chi connectivity index (χ0v) is 17.9. The summed E-state index contributed by atoms with van der Waals surface area (Å²) in [6.07, 6.45) is 2.29. The first-order valence-electron chi connectivity index (χ1n) is 10.7. The number of aryl methyl sites for hydroxylation is 1. The lowest BCUT2D eigenvalue weighted by Crippen LogP contribution is -2.28. The molecule has 5 nitrogen and oxygen atoms in total. The van der Waals surface area contributed by atoms with E-state index in [1.165, 1.54) is 24.3 Å². The molecule has 0 fully saturated rings. The lowest BCUT2D eigenvalue weighted by atomic mass is 10.0. The van der Waals surface area contributed by atoms with Crippen LogP contribution in [0.4, 0.5) is 10.1 Å². The molecule has 1 heterocycles. The van der Waals surface area contributed by atoms with Crippen LogP contribution in [0, 0.1) is 5.82 Å². The SMILES string of the molecule is CC(NC(=O)Cc1ccc2c(c1)CCCO2)c1ccc(NC(=O)c2ccc(F)cc2)cc1. The van der Waals surface area contributed by atoms with Crippen LogP contribution in [0.1, 0.15) is 46.4 Å². The largest absolute Gasteiger partial charge is 0.493 e. The Hall–Kier alpha value is -3.67. The van der Waals surface area contributed by atoms with Crippen LogP contribution in [0.2, 0.25) is 0 Å². The molecule has 0 aliphatic carbocycles. The zero-order chi connectivity index (χ0) is 22.5. The molecular weight excluding hydrogens is 407 g/mol. The molecule has 1 unspecified atom stereocenters. The molecule has 0 saturated heterocycles. The van der Waals surface area contributed by atoms with Gasteiger partial charge in [-0.3, -0.25) is 9.59 Å². The second kappa shape index (κ2) is 9.64. The monoisotopic (exact) mass is 432 g/mol. The molecule has 6 heteroatoms. The predicted molar refractivity (Wildman–Crippen MR) is 121 cm³/mol. The van der Waals surface area contributed by atoms with E-state index in [1.807, 2.05) is 31.2 Å². The Bertz CT molecular complexity index is 1110. The van der Waals surface area contributed by atoms with Gasteiger partial charge in [0.05, 0.1) is 19.1 Å². The highest BCUT2D eigenvalue weighted by molar-refractivity contribution is 6.04. The fourth-order valence-corrected chi connectivity index (χ4v) is 3.74. The molecule has 1 atom stereocenters. The number of carbonyl (C=O) groups is 2.